The highest BCUT2D eigenvalue weighted by Crippen LogP contribution is 2.30. The van der Waals surface area contributed by atoms with Gasteiger partial charge in [0.05, 0.1) is 13.2 Å². The van der Waals surface area contributed by atoms with Crippen LogP contribution in [0.3, 0.4) is 0 Å². The summed E-state index contributed by atoms with van der Waals surface area (Å²) in [6, 6.07) is 5.04. The van der Waals surface area contributed by atoms with Crippen molar-refractivity contribution in [3.63, 3.8) is 0 Å². The van der Waals surface area contributed by atoms with Crippen LogP contribution >= 0.6 is 0 Å². The molecular weight excluding hydrogens is 220 g/mol. The van der Waals surface area contributed by atoms with E-state index in [4.69, 9.17) is 9.47 Å². The number of hydrogen-bond donors (Lipinski definition) is 1. The summed E-state index contributed by atoms with van der Waals surface area (Å²) in [5.74, 6) is -0.0739. The van der Waals surface area contributed by atoms with E-state index in [0.717, 1.165) is 0 Å². The van der Waals surface area contributed by atoms with Gasteiger partial charge in [0.1, 0.15) is 0 Å². The number of carbonyl (C=O) groups is 1. The number of aromatic hydroxyl groups is 1. The minimum absolute atomic E-state index is 0.00333. The summed E-state index contributed by atoms with van der Waals surface area (Å²) in [6.07, 6.45) is 2.60. The minimum Gasteiger partial charge on any atom is -0.504 e. The Balaban J connectivity index is 2.81. The molecule has 0 saturated carbocycles. The van der Waals surface area contributed by atoms with Gasteiger partial charge in [0.15, 0.2) is 11.5 Å². The summed E-state index contributed by atoms with van der Waals surface area (Å²) in [5, 5.41) is 9.76. The molecule has 1 aromatic rings. The molecule has 0 aliphatic rings. The third-order valence-electron chi connectivity index (χ3n) is 2.00. The SMILES string of the molecule is COc1cccc(/C=C/C(=O)OC(C)C)c1O. The average molecular weight is 236 g/mol. The molecule has 17 heavy (non-hydrogen) atoms. The molecule has 0 fully saturated rings. The molecule has 0 heterocycles. The topological polar surface area (TPSA) is 55.8 Å². The second kappa shape index (κ2) is 5.94. The second-order valence-corrected chi connectivity index (χ2v) is 3.72. The van der Waals surface area contributed by atoms with Crippen molar-refractivity contribution in [2.24, 2.45) is 0 Å². The Morgan fingerprint density at radius 3 is 2.71 bits per heavy atom. The summed E-state index contributed by atoms with van der Waals surface area (Å²) in [5.41, 5.74) is 0.505. The van der Waals surface area contributed by atoms with Crippen LogP contribution in [-0.2, 0) is 9.53 Å². The molecule has 0 spiro atoms. The van der Waals surface area contributed by atoms with Crippen LogP contribution < -0.4 is 4.74 Å². The highest BCUT2D eigenvalue weighted by molar-refractivity contribution is 5.87. The molecule has 92 valence electrons. The number of methoxy groups -OCH3 is 1. The van der Waals surface area contributed by atoms with Crippen LogP contribution in [0.15, 0.2) is 24.3 Å². The lowest BCUT2D eigenvalue weighted by molar-refractivity contribution is -0.141. The number of ether oxygens (including phenoxy) is 2. The Morgan fingerprint density at radius 2 is 2.12 bits per heavy atom. The molecule has 0 atom stereocenters. The summed E-state index contributed by atoms with van der Waals surface area (Å²) in [4.78, 5) is 11.3. The molecule has 1 N–H and O–H groups in total. The number of rotatable bonds is 4. The largest absolute Gasteiger partial charge is 0.504 e. The van der Waals surface area contributed by atoms with Crippen molar-refractivity contribution in [2.75, 3.05) is 7.11 Å². The summed E-state index contributed by atoms with van der Waals surface area (Å²) < 4.78 is 9.89. The molecule has 0 unspecified atom stereocenters. The van der Waals surface area contributed by atoms with Crippen LogP contribution in [-0.4, -0.2) is 24.3 Å². The molecular formula is C13H16O4. The third-order valence-corrected chi connectivity index (χ3v) is 2.00. The third kappa shape index (κ3) is 3.83. The van der Waals surface area contributed by atoms with Crippen LogP contribution in [0.2, 0.25) is 0 Å². The van der Waals surface area contributed by atoms with Gasteiger partial charge < -0.3 is 14.6 Å². The Kier molecular flexibility index (Phi) is 4.57. The lowest BCUT2D eigenvalue weighted by Crippen LogP contribution is -2.08. The monoisotopic (exact) mass is 236 g/mol. The number of carbonyl (C=O) groups excluding carboxylic acids is 1. The van der Waals surface area contributed by atoms with Crippen LogP contribution in [0.1, 0.15) is 19.4 Å². The van der Waals surface area contributed by atoms with Gasteiger partial charge in [0.2, 0.25) is 0 Å². The molecule has 0 aliphatic carbocycles. The number of benzene rings is 1. The Morgan fingerprint density at radius 1 is 1.41 bits per heavy atom. The number of phenols is 1. The van der Waals surface area contributed by atoms with E-state index in [0.29, 0.717) is 11.3 Å². The van der Waals surface area contributed by atoms with Gasteiger partial charge in [0, 0.05) is 11.6 Å². The van der Waals surface area contributed by atoms with Crippen molar-refractivity contribution in [3.05, 3.63) is 29.8 Å². The van der Waals surface area contributed by atoms with Gasteiger partial charge >= 0.3 is 5.97 Å². The van der Waals surface area contributed by atoms with Gasteiger partial charge in [-0.1, -0.05) is 12.1 Å². The lowest BCUT2D eigenvalue weighted by Gasteiger charge is -2.06. The predicted molar refractivity (Wildman–Crippen MR) is 64.9 cm³/mol. The van der Waals surface area contributed by atoms with Gasteiger partial charge in [-0.3, -0.25) is 0 Å². The first-order valence-corrected chi connectivity index (χ1v) is 5.29. The number of hydrogen-bond acceptors (Lipinski definition) is 4. The Labute approximate surface area is 100 Å². The number of esters is 1. The maximum atomic E-state index is 11.3. The fraction of sp³-hybridized carbons (Fsp3) is 0.308. The normalized spacial score (nSPS) is 10.8. The van der Waals surface area contributed by atoms with Gasteiger partial charge in [-0.2, -0.15) is 0 Å². The summed E-state index contributed by atoms with van der Waals surface area (Å²) in [7, 11) is 1.47. The molecule has 1 aromatic carbocycles. The molecule has 0 radical (unpaired) electrons. The quantitative estimate of drug-likeness (QED) is 0.644. The van der Waals surface area contributed by atoms with Crippen molar-refractivity contribution in [2.45, 2.75) is 20.0 Å². The van der Waals surface area contributed by atoms with E-state index in [1.807, 2.05) is 0 Å². The summed E-state index contributed by atoms with van der Waals surface area (Å²) >= 11 is 0. The Bertz CT molecular complexity index is 421. The molecule has 1 rings (SSSR count). The maximum Gasteiger partial charge on any atom is 0.331 e. The van der Waals surface area contributed by atoms with Crippen LogP contribution in [0.25, 0.3) is 6.08 Å². The standard InChI is InChI=1S/C13H16O4/c1-9(2)17-12(14)8-7-10-5-4-6-11(16-3)13(10)15/h4-9,15H,1-3H3/b8-7+. The minimum atomic E-state index is -0.442. The van der Waals surface area contributed by atoms with E-state index in [9.17, 15) is 9.90 Å². The van der Waals surface area contributed by atoms with E-state index >= 15 is 0 Å². The zero-order valence-electron chi connectivity index (χ0n) is 10.1. The maximum absolute atomic E-state index is 11.3. The highest BCUT2D eigenvalue weighted by Gasteiger charge is 2.05. The van der Waals surface area contributed by atoms with Crippen molar-refractivity contribution in [3.8, 4) is 11.5 Å². The van der Waals surface area contributed by atoms with Gasteiger partial charge in [0.25, 0.3) is 0 Å². The average Bonchev–Trinajstić information content (AvgIpc) is 2.27. The van der Waals surface area contributed by atoms with E-state index < -0.39 is 5.97 Å². The first-order chi connectivity index (χ1) is 8.04. The molecule has 4 heteroatoms. The number of para-hydroxylation sites is 1. The number of phenolic OH excluding ortho intramolecular Hbond substituents is 1. The van der Waals surface area contributed by atoms with Crippen LogP contribution in [0.4, 0.5) is 0 Å². The van der Waals surface area contributed by atoms with Crippen molar-refractivity contribution in [1.82, 2.24) is 0 Å². The van der Waals surface area contributed by atoms with E-state index in [-0.39, 0.29) is 11.9 Å². The molecule has 0 aromatic heterocycles. The first-order valence-electron chi connectivity index (χ1n) is 5.29. The fourth-order valence-electron chi connectivity index (χ4n) is 1.27. The molecule has 0 amide bonds. The van der Waals surface area contributed by atoms with Gasteiger partial charge in [-0.15, -0.1) is 0 Å². The van der Waals surface area contributed by atoms with Crippen LogP contribution in [0.5, 0.6) is 11.5 Å². The summed E-state index contributed by atoms with van der Waals surface area (Å²) in [6.45, 7) is 3.55. The zero-order chi connectivity index (χ0) is 12.8. The molecule has 0 aliphatic heterocycles. The second-order valence-electron chi connectivity index (χ2n) is 3.72. The molecule has 0 bridgehead atoms. The Hall–Kier alpha value is -1.97. The zero-order valence-corrected chi connectivity index (χ0v) is 10.1. The molecule has 0 saturated heterocycles. The van der Waals surface area contributed by atoms with Gasteiger partial charge in [-0.25, -0.2) is 4.79 Å². The van der Waals surface area contributed by atoms with Crippen molar-refractivity contribution < 1.29 is 19.4 Å². The highest BCUT2D eigenvalue weighted by atomic mass is 16.5. The smallest absolute Gasteiger partial charge is 0.331 e. The van der Waals surface area contributed by atoms with E-state index in [1.165, 1.54) is 19.3 Å². The van der Waals surface area contributed by atoms with E-state index in [2.05, 4.69) is 0 Å². The van der Waals surface area contributed by atoms with Crippen molar-refractivity contribution in [1.29, 1.82) is 0 Å². The van der Waals surface area contributed by atoms with Gasteiger partial charge in [-0.05, 0) is 26.0 Å². The van der Waals surface area contributed by atoms with Crippen LogP contribution in [0, 0.1) is 0 Å². The van der Waals surface area contributed by atoms with Crippen molar-refractivity contribution >= 4 is 12.0 Å². The fourth-order valence-corrected chi connectivity index (χ4v) is 1.27. The molecule has 4 nitrogen and oxygen atoms in total. The first kappa shape index (κ1) is 13.1. The van der Waals surface area contributed by atoms with E-state index in [1.54, 1.807) is 32.0 Å². The lowest BCUT2D eigenvalue weighted by atomic mass is 10.1. The predicted octanol–water partition coefficient (Wildman–Crippen LogP) is 2.37.